The standard InChI is InChI=1S/C16H17N3O4S.Na/c1-11(14-3-2-4-15-16(14)18-19-17-15)9-10-23-24(21,22)13-7-5-12(20)6-8-13;/h2-8,11,20H,9-10H2,1H3,(H,17,18,19);. The Morgan fingerprint density at radius 1 is 1.16 bits per heavy atom. The van der Waals surface area contributed by atoms with Gasteiger partial charge in [-0.25, -0.2) is 0 Å². The van der Waals surface area contributed by atoms with Gasteiger partial charge in [-0.3, -0.25) is 4.18 Å². The van der Waals surface area contributed by atoms with Gasteiger partial charge in [0.05, 0.1) is 11.5 Å². The third-order valence-electron chi connectivity index (χ3n) is 3.82. The number of phenolic OH excluding ortho intramolecular Hbond substituents is 1. The molecular weight excluding hydrogens is 353 g/mol. The number of fused-ring (bicyclic) bond motifs is 1. The van der Waals surface area contributed by atoms with Crippen LogP contribution >= 0.6 is 0 Å². The van der Waals surface area contributed by atoms with Crippen LogP contribution in [-0.4, -0.2) is 65.1 Å². The summed E-state index contributed by atoms with van der Waals surface area (Å²) < 4.78 is 29.3. The van der Waals surface area contributed by atoms with Crippen LogP contribution in [0.5, 0.6) is 5.75 Å². The Balaban J connectivity index is 0.00000225. The third-order valence-corrected chi connectivity index (χ3v) is 5.15. The van der Waals surface area contributed by atoms with E-state index in [1.54, 1.807) is 0 Å². The number of para-hydroxylation sites is 1. The van der Waals surface area contributed by atoms with E-state index in [0.717, 1.165) is 16.6 Å². The quantitative estimate of drug-likeness (QED) is 0.509. The van der Waals surface area contributed by atoms with Crippen LogP contribution in [0.4, 0.5) is 0 Å². The van der Waals surface area contributed by atoms with E-state index in [-0.39, 0.29) is 52.7 Å². The molecular formula is C16H17N3NaO4S. The number of hydrogen-bond acceptors (Lipinski definition) is 6. The van der Waals surface area contributed by atoms with Crippen molar-refractivity contribution in [2.45, 2.75) is 24.2 Å². The predicted octanol–water partition coefficient (Wildman–Crippen LogP) is 2.18. The molecule has 7 nitrogen and oxygen atoms in total. The maximum atomic E-state index is 12.1. The molecule has 3 rings (SSSR count). The average molecular weight is 370 g/mol. The molecule has 0 aliphatic carbocycles. The molecule has 1 atom stereocenters. The Hall–Kier alpha value is -1.45. The smallest absolute Gasteiger partial charge is 0.296 e. The van der Waals surface area contributed by atoms with Gasteiger partial charge in [-0.1, -0.05) is 19.1 Å². The van der Waals surface area contributed by atoms with E-state index in [1.807, 2.05) is 25.1 Å². The molecule has 1 unspecified atom stereocenters. The molecule has 2 N–H and O–H groups in total. The van der Waals surface area contributed by atoms with Crippen molar-refractivity contribution in [2.75, 3.05) is 6.61 Å². The summed E-state index contributed by atoms with van der Waals surface area (Å²) in [6, 6.07) is 10.9. The van der Waals surface area contributed by atoms with Crippen LogP contribution in [0.15, 0.2) is 47.4 Å². The first-order valence-corrected chi connectivity index (χ1v) is 8.86. The molecule has 127 valence electrons. The topological polar surface area (TPSA) is 105 Å². The van der Waals surface area contributed by atoms with Crippen molar-refractivity contribution in [3.05, 3.63) is 48.0 Å². The summed E-state index contributed by atoms with van der Waals surface area (Å²) in [6.07, 6.45) is 0.517. The Kier molecular flexibility index (Phi) is 6.59. The molecule has 0 aliphatic rings. The van der Waals surface area contributed by atoms with Gasteiger partial charge in [0, 0.05) is 29.6 Å². The van der Waals surface area contributed by atoms with Gasteiger partial charge < -0.3 is 5.11 Å². The number of aromatic hydroxyl groups is 1. The van der Waals surface area contributed by atoms with Gasteiger partial charge >= 0.3 is 0 Å². The van der Waals surface area contributed by atoms with E-state index < -0.39 is 10.1 Å². The fourth-order valence-electron chi connectivity index (χ4n) is 2.46. The van der Waals surface area contributed by atoms with E-state index in [9.17, 15) is 13.5 Å². The van der Waals surface area contributed by atoms with Gasteiger partial charge in [-0.15, -0.1) is 0 Å². The van der Waals surface area contributed by atoms with Crippen LogP contribution < -0.4 is 0 Å². The Morgan fingerprint density at radius 2 is 1.88 bits per heavy atom. The molecule has 0 saturated heterocycles. The number of H-pyrrole nitrogens is 1. The van der Waals surface area contributed by atoms with E-state index in [0.29, 0.717) is 6.42 Å². The van der Waals surface area contributed by atoms with Gasteiger partial charge in [-0.05, 0) is 48.2 Å². The molecule has 0 fully saturated rings. The molecule has 0 aliphatic heterocycles. The van der Waals surface area contributed by atoms with Gasteiger partial charge in [0.1, 0.15) is 16.8 Å². The predicted molar refractivity (Wildman–Crippen MR) is 93.9 cm³/mol. The maximum Gasteiger partial charge on any atom is 0.296 e. The molecule has 0 bridgehead atoms. The second-order valence-corrected chi connectivity index (χ2v) is 7.11. The zero-order valence-electron chi connectivity index (χ0n) is 14.0. The molecule has 1 heterocycles. The minimum absolute atomic E-state index is 0. The summed E-state index contributed by atoms with van der Waals surface area (Å²) in [5, 5.41) is 20.0. The van der Waals surface area contributed by atoms with Gasteiger partial charge in [0.25, 0.3) is 10.1 Å². The van der Waals surface area contributed by atoms with E-state index in [1.165, 1.54) is 24.3 Å². The van der Waals surface area contributed by atoms with Crippen LogP contribution in [0.2, 0.25) is 0 Å². The summed E-state index contributed by atoms with van der Waals surface area (Å²) in [6.45, 7) is 2.04. The first kappa shape index (κ1) is 19.9. The summed E-state index contributed by atoms with van der Waals surface area (Å²) in [5.41, 5.74) is 2.55. The number of hydrogen-bond donors (Lipinski definition) is 2. The van der Waals surface area contributed by atoms with Crippen molar-refractivity contribution in [1.82, 2.24) is 15.4 Å². The van der Waals surface area contributed by atoms with E-state index in [2.05, 4.69) is 15.4 Å². The number of rotatable bonds is 6. The molecule has 2 aromatic carbocycles. The normalized spacial score (nSPS) is 12.7. The van der Waals surface area contributed by atoms with Crippen LogP contribution in [0.25, 0.3) is 11.0 Å². The largest absolute Gasteiger partial charge is 0.508 e. The minimum atomic E-state index is -3.83. The molecule has 0 spiro atoms. The van der Waals surface area contributed by atoms with Crippen molar-refractivity contribution in [3.63, 3.8) is 0 Å². The first-order chi connectivity index (χ1) is 11.5. The molecule has 1 aromatic heterocycles. The zero-order valence-corrected chi connectivity index (χ0v) is 16.8. The molecule has 9 heteroatoms. The summed E-state index contributed by atoms with van der Waals surface area (Å²) >= 11 is 0. The minimum Gasteiger partial charge on any atom is -0.508 e. The number of phenols is 1. The molecule has 3 aromatic rings. The Labute approximate surface area is 167 Å². The van der Waals surface area contributed by atoms with Crippen molar-refractivity contribution >= 4 is 50.7 Å². The van der Waals surface area contributed by atoms with Crippen molar-refractivity contribution < 1.29 is 17.7 Å². The van der Waals surface area contributed by atoms with Crippen molar-refractivity contribution in [2.24, 2.45) is 0 Å². The molecule has 0 saturated carbocycles. The summed E-state index contributed by atoms with van der Waals surface area (Å²) in [5.74, 6) is 0.0668. The van der Waals surface area contributed by atoms with Crippen molar-refractivity contribution in [3.8, 4) is 5.75 Å². The molecule has 0 amide bonds. The third kappa shape index (κ3) is 4.59. The SMILES string of the molecule is CC(CCOS(=O)(=O)c1ccc(O)cc1)c1cccc2n[nH]nc12.[Na]. The Morgan fingerprint density at radius 3 is 2.60 bits per heavy atom. The second kappa shape index (κ2) is 8.29. The number of aromatic nitrogens is 3. The van der Waals surface area contributed by atoms with E-state index in [4.69, 9.17) is 4.18 Å². The fourth-order valence-corrected chi connectivity index (χ4v) is 3.38. The number of nitrogens with zero attached hydrogens (tertiary/aromatic N) is 2. The van der Waals surface area contributed by atoms with Gasteiger partial charge in [0.2, 0.25) is 0 Å². The van der Waals surface area contributed by atoms with Crippen LogP contribution in [-0.2, 0) is 14.3 Å². The van der Waals surface area contributed by atoms with Gasteiger partial charge in [-0.2, -0.15) is 23.8 Å². The zero-order chi connectivity index (χ0) is 17.2. The van der Waals surface area contributed by atoms with Crippen LogP contribution in [0.1, 0.15) is 24.8 Å². The van der Waals surface area contributed by atoms with Crippen LogP contribution in [0.3, 0.4) is 0 Å². The number of aromatic amines is 1. The summed E-state index contributed by atoms with van der Waals surface area (Å²) in [7, 11) is -3.83. The molecule has 25 heavy (non-hydrogen) atoms. The molecule has 1 radical (unpaired) electrons. The first-order valence-electron chi connectivity index (χ1n) is 7.45. The Bertz CT molecular complexity index is 941. The monoisotopic (exact) mass is 370 g/mol. The van der Waals surface area contributed by atoms with E-state index >= 15 is 0 Å². The van der Waals surface area contributed by atoms with Crippen LogP contribution in [0, 0.1) is 0 Å². The maximum absolute atomic E-state index is 12.1. The van der Waals surface area contributed by atoms with Gasteiger partial charge in [0.15, 0.2) is 0 Å². The number of nitrogens with one attached hydrogen (secondary N) is 1. The fraction of sp³-hybridized carbons (Fsp3) is 0.250. The van der Waals surface area contributed by atoms with Crippen molar-refractivity contribution in [1.29, 1.82) is 0 Å². The summed E-state index contributed by atoms with van der Waals surface area (Å²) in [4.78, 5) is 0.0200. The second-order valence-electron chi connectivity index (χ2n) is 5.50. The number of benzene rings is 2. The average Bonchev–Trinajstić information content (AvgIpc) is 3.03.